The summed E-state index contributed by atoms with van der Waals surface area (Å²) in [6.45, 7) is 2.44. The molecule has 0 saturated heterocycles. The third-order valence-corrected chi connectivity index (χ3v) is 4.33. The number of anilines is 1. The molecule has 0 fully saturated rings. The molecule has 0 bridgehead atoms. The first-order chi connectivity index (χ1) is 15.9. The number of benzene rings is 2. The average molecular weight is 471 g/mol. The van der Waals surface area contributed by atoms with E-state index < -0.39 is 11.8 Å². The molecular weight excluding hydrogens is 444 g/mol. The van der Waals surface area contributed by atoms with Gasteiger partial charge in [0.15, 0.2) is 5.11 Å². The molecule has 0 atom stereocenters. The van der Waals surface area contributed by atoms with E-state index >= 15 is 0 Å². The van der Waals surface area contributed by atoms with Crippen LogP contribution in [0.25, 0.3) is 6.08 Å². The molecule has 0 spiro atoms. The Morgan fingerprint density at radius 3 is 2.18 bits per heavy atom. The minimum atomic E-state index is -0.465. The molecule has 10 heteroatoms. The second kappa shape index (κ2) is 13.5. The number of methoxy groups -OCH3 is 1. The van der Waals surface area contributed by atoms with Crippen LogP contribution < -0.4 is 31.0 Å². The summed E-state index contributed by atoms with van der Waals surface area (Å²) in [5.41, 5.74) is 6.17. The summed E-state index contributed by atoms with van der Waals surface area (Å²) in [7, 11) is 1.57. The van der Waals surface area contributed by atoms with E-state index in [1.807, 2.05) is 6.92 Å². The Balaban J connectivity index is 1.65. The van der Waals surface area contributed by atoms with Crippen LogP contribution in [0.4, 0.5) is 5.69 Å². The Morgan fingerprint density at radius 1 is 0.909 bits per heavy atom. The molecule has 33 heavy (non-hydrogen) atoms. The molecule has 0 aliphatic carbocycles. The van der Waals surface area contributed by atoms with Crippen molar-refractivity contribution in [2.75, 3.05) is 19.0 Å². The highest BCUT2D eigenvalue weighted by Crippen LogP contribution is 2.16. The lowest BCUT2D eigenvalue weighted by Crippen LogP contribution is -2.48. The first kappa shape index (κ1) is 25.3. The maximum Gasteiger partial charge on any atom is 0.250 e. The first-order valence-electron chi connectivity index (χ1n) is 10.1. The molecule has 9 nitrogen and oxygen atoms in total. The van der Waals surface area contributed by atoms with Crippen molar-refractivity contribution >= 4 is 46.8 Å². The SMILES string of the molecule is CCOc1ccc(NC(=O)CCC(=O)NNC(=S)NC(=O)/C=C/c2ccc(OC)cc2)cc1. The van der Waals surface area contributed by atoms with Gasteiger partial charge in [-0.25, -0.2) is 0 Å². The topological polar surface area (TPSA) is 118 Å². The average Bonchev–Trinajstić information content (AvgIpc) is 2.82. The smallest absolute Gasteiger partial charge is 0.250 e. The molecule has 0 aliphatic heterocycles. The molecule has 2 aromatic rings. The van der Waals surface area contributed by atoms with Crippen molar-refractivity contribution in [1.82, 2.24) is 16.2 Å². The Hall–Kier alpha value is -3.92. The first-order valence-corrected chi connectivity index (χ1v) is 10.5. The summed E-state index contributed by atoms with van der Waals surface area (Å²) in [6, 6.07) is 14.1. The number of hydrazine groups is 1. The fraction of sp³-hybridized carbons (Fsp3) is 0.217. The summed E-state index contributed by atoms with van der Waals surface area (Å²) in [5.74, 6) is 0.190. The Labute approximate surface area is 197 Å². The van der Waals surface area contributed by atoms with Gasteiger partial charge in [0.2, 0.25) is 17.7 Å². The zero-order valence-corrected chi connectivity index (χ0v) is 19.2. The Morgan fingerprint density at radius 2 is 1.55 bits per heavy atom. The maximum atomic E-state index is 12.0. The largest absolute Gasteiger partial charge is 0.497 e. The highest BCUT2D eigenvalue weighted by atomic mass is 32.1. The predicted molar refractivity (Wildman–Crippen MR) is 130 cm³/mol. The van der Waals surface area contributed by atoms with Gasteiger partial charge >= 0.3 is 0 Å². The van der Waals surface area contributed by atoms with E-state index in [1.165, 1.54) is 6.08 Å². The van der Waals surface area contributed by atoms with Crippen LogP contribution in [0, 0.1) is 0 Å². The van der Waals surface area contributed by atoms with Crippen LogP contribution in [0.15, 0.2) is 54.6 Å². The van der Waals surface area contributed by atoms with Gasteiger partial charge in [-0.05, 0) is 67.2 Å². The van der Waals surface area contributed by atoms with Crippen LogP contribution in [-0.2, 0) is 14.4 Å². The summed E-state index contributed by atoms with van der Waals surface area (Å²) < 4.78 is 10.4. The van der Waals surface area contributed by atoms with Crippen molar-refractivity contribution in [3.05, 3.63) is 60.2 Å². The van der Waals surface area contributed by atoms with Gasteiger partial charge < -0.3 is 14.8 Å². The van der Waals surface area contributed by atoms with Crippen LogP contribution >= 0.6 is 12.2 Å². The minimum Gasteiger partial charge on any atom is -0.497 e. The number of ether oxygens (including phenoxy) is 2. The van der Waals surface area contributed by atoms with Gasteiger partial charge in [-0.1, -0.05) is 12.1 Å². The quantitative estimate of drug-likeness (QED) is 0.253. The molecule has 2 aromatic carbocycles. The number of thiocarbonyl (C=S) groups is 1. The van der Waals surface area contributed by atoms with E-state index in [2.05, 4.69) is 21.5 Å². The molecule has 0 radical (unpaired) electrons. The monoisotopic (exact) mass is 470 g/mol. The van der Waals surface area contributed by atoms with Crippen molar-refractivity contribution in [3.8, 4) is 11.5 Å². The molecule has 3 amide bonds. The van der Waals surface area contributed by atoms with E-state index in [0.717, 1.165) is 5.56 Å². The van der Waals surface area contributed by atoms with Gasteiger partial charge in [0.25, 0.3) is 0 Å². The number of nitrogens with one attached hydrogen (secondary N) is 4. The lowest BCUT2D eigenvalue weighted by atomic mass is 10.2. The summed E-state index contributed by atoms with van der Waals surface area (Å²) in [5, 5.41) is 5.03. The van der Waals surface area contributed by atoms with Crippen molar-refractivity contribution in [2.24, 2.45) is 0 Å². The lowest BCUT2D eigenvalue weighted by molar-refractivity contribution is -0.124. The highest BCUT2D eigenvalue weighted by molar-refractivity contribution is 7.80. The summed E-state index contributed by atoms with van der Waals surface area (Å²) in [4.78, 5) is 35.8. The number of amides is 3. The number of hydrogen-bond donors (Lipinski definition) is 4. The zero-order valence-electron chi connectivity index (χ0n) is 18.3. The van der Waals surface area contributed by atoms with E-state index in [0.29, 0.717) is 23.8 Å². The Kier molecular flexibility index (Phi) is 10.4. The summed E-state index contributed by atoms with van der Waals surface area (Å²) >= 11 is 4.97. The lowest BCUT2D eigenvalue weighted by Gasteiger charge is -2.10. The van der Waals surface area contributed by atoms with E-state index in [9.17, 15) is 14.4 Å². The maximum absolute atomic E-state index is 12.0. The van der Waals surface area contributed by atoms with Gasteiger partial charge in [0, 0.05) is 24.6 Å². The third-order valence-electron chi connectivity index (χ3n) is 4.12. The highest BCUT2D eigenvalue weighted by Gasteiger charge is 2.08. The second-order valence-electron chi connectivity index (χ2n) is 6.60. The van der Waals surface area contributed by atoms with Crippen molar-refractivity contribution in [1.29, 1.82) is 0 Å². The predicted octanol–water partition coefficient (Wildman–Crippen LogP) is 2.55. The molecule has 2 rings (SSSR count). The normalized spacial score (nSPS) is 10.2. The van der Waals surface area contributed by atoms with Crippen LogP contribution in [0.1, 0.15) is 25.3 Å². The molecule has 4 N–H and O–H groups in total. The zero-order chi connectivity index (χ0) is 24.1. The molecule has 0 unspecified atom stereocenters. The number of hydrogen-bond acceptors (Lipinski definition) is 6. The molecular formula is C23H26N4O5S. The molecule has 0 saturated carbocycles. The van der Waals surface area contributed by atoms with E-state index in [1.54, 1.807) is 61.7 Å². The van der Waals surface area contributed by atoms with E-state index in [-0.39, 0.29) is 23.9 Å². The standard InChI is InChI=1S/C23H26N4O5S/c1-3-32-19-11-7-17(8-12-19)24-20(28)14-15-22(30)26-27-23(33)25-21(29)13-6-16-4-9-18(31-2)10-5-16/h4-13H,3,14-15H2,1-2H3,(H,24,28)(H,26,30)(H2,25,27,29,33)/b13-6+. The molecule has 0 heterocycles. The van der Waals surface area contributed by atoms with Crippen molar-refractivity contribution < 1.29 is 23.9 Å². The van der Waals surface area contributed by atoms with Crippen molar-refractivity contribution in [2.45, 2.75) is 19.8 Å². The number of carbonyl (C=O) groups excluding carboxylic acids is 3. The van der Waals surface area contributed by atoms with Crippen molar-refractivity contribution in [3.63, 3.8) is 0 Å². The van der Waals surface area contributed by atoms with E-state index in [4.69, 9.17) is 21.7 Å². The van der Waals surface area contributed by atoms with Gasteiger partial charge in [0.1, 0.15) is 11.5 Å². The van der Waals surface area contributed by atoms with Gasteiger partial charge in [-0.15, -0.1) is 0 Å². The van der Waals surface area contributed by atoms with Crippen LogP contribution in [0.2, 0.25) is 0 Å². The van der Waals surface area contributed by atoms with Gasteiger partial charge in [-0.3, -0.25) is 30.6 Å². The van der Waals surface area contributed by atoms with Crippen LogP contribution in [0.5, 0.6) is 11.5 Å². The van der Waals surface area contributed by atoms with Crippen LogP contribution in [-0.4, -0.2) is 36.6 Å². The van der Waals surface area contributed by atoms with Gasteiger partial charge in [-0.2, -0.15) is 0 Å². The van der Waals surface area contributed by atoms with Gasteiger partial charge in [0.05, 0.1) is 13.7 Å². The molecule has 0 aromatic heterocycles. The number of carbonyl (C=O) groups is 3. The fourth-order valence-corrected chi connectivity index (χ4v) is 2.66. The third kappa shape index (κ3) is 9.83. The van der Waals surface area contributed by atoms with Crippen LogP contribution in [0.3, 0.4) is 0 Å². The molecule has 0 aliphatic rings. The molecule has 174 valence electrons. The fourth-order valence-electron chi connectivity index (χ4n) is 2.51. The minimum absolute atomic E-state index is 0.0234. The Bertz CT molecular complexity index is 991. The number of rotatable bonds is 9. The summed E-state index contributed by atoms with van der Waals surface area (Å²) in [6.07, 6.45) is 2.83. The second-order valence-corrected chi connectivity index (χ2v) is 7.01.